The van der Waals surface area contributed by atoms with E-state index < -0.39 is 0 Å². The molecule has 0 spiro atoms. The molecule has 0 saturated carbocycles. The van der Waals surface area contributed by atoms with E-state index >= 15 is 0 Å². The zero-order chi connectivity index (χ0) is 11.6. The fourth-order valence-electron chi connectivity index (χ4n) is 1.24. The first-order valence-corrected chi connectivity index (χ1v) is 5.51. The molecule has 0 aliphatic heterocycles. The number of rotatable bonds is 2. The molecular formula is C11H16BrN3. The lowest BCUT2D eigenvalue weighted by atomic mass is 10.1. The molecule has 0 fully saturated rings. The number of halogens is 1. The lowest BCUT2D eigenvalue weighted by molar-refractivity contribution is 0.634. The maximum Gasteiger partial charge on any atom is 0.123 e. The van der Waals surface area contributed by atoms with Gasteiger partial charge in [-0.3, -0.25) is 5.41 Å². The van der Waals surface area contributed by atoms with Crippen LogP contribution in [0.4, 0.5) is 5.69 Å². The lowest BCUT2D eigenvalue weighted by Crippen LogP contribution is -2.26. The van der Waals surface area contributed by atoms with Gasteiger partial charge in [0.15, 0.2) is 0 Å². The van der Waals surface area contributed by atoms with Crippen molar-refractivity contribution in [3.05, 3.63) is 28.2 Å². The molecule has 0 atom stereocenters. The summed E-state index contributed by atoms with van der Waals surface area (Å²) in [4.78, 5) is 0. The number of amidine groups is 1. The molecule has 0 radical (unpaired) electrons. The van der Waals surface area contributed by atoms with Gasteiger partial charge in [0.1, 0.15) is 5.84 Å². The van der Waals surface area contributed by atoms with Crippen molar-refractivity contribution in [3.8, 4) is 0 Å². The van der Waals surface area contributed by atoms with Crippen molar-refractivity contribution in [1.29, 1.82) is 5.41 Å². The van der Waals surface area contributed by atoms with Crippen molar-refractivity contribution in [2.24, 2.45) is 5.73 Å². The third-order valence-electron chi connectivity index (χ3n) is 1.78. The van der Waals surface area contributed by atoms with Crippen molar-refractivity contribution in [1.82, 2.24) is 0 Å². The van der Waals surface area contributed by atoms with E-state index in [0.29, 0.717) is 0 Å². The average molecular weight is 270 g/mol. The zero-order valence-electron chi connectivity index (χ0n) is 9.19. The highest BCUT2D eigenvalue weighted by molar-refractivity contribution is 9.10. The average Bonchev–Trinajstić information content (AvgIpc) is 1.99. The van der Waals surface area contributed by atoms with E-state index in [1.165, 1.54) is 0 Å². The third-order valence-corrected chi connectivity index (χ3v) is 2.43. The predicted octanol–water partition coefficient (Wildman–Crippen LogP) is 2.94. The Balaban J connectivity index is 2.97. The third kappa shape index (κ3) is 3.55. The first-order chi connectivity index (χ1) is 6.79. The molecule has 4 N–H and O–H groups in total. The fraction of sp³-hybridized carbons (Fsp3) is 0.364. The van der Waals surface area contributed by atoms with Gasteiger partial charge in [-0.1, -0.05) is 0 Å². The van der Waals surface area contributed by atoms with E-state index in [1.54, 1.807) is 0 Å². The van der Waals surface area contributed by atoms with Gasteiger partial charge in [-0.25, -0.2) is 0 Å². The number of nitrogens with two attached hydrogens (primary N) is 1. The minimum atomic E-state index is 0.0250. The van der Waals surface area contributed by atoms with Crippen molar-refractivity contribution in [2.75, 3.05) is 5.32 Å². The van der Waals surface area contributed by atoms with E-state index in [1.807, 2.05) is 18.2 Å². The maximum absolute atomic E-state index is 7.35. The highest BCUT2D eigenvalue weighted by Crippen LogP contribution is 2.23. The summed E-state index contributed by atoms with van der Waals surface area (Å²) in [6.45, 7) is 6.29. The minimum absolute atomic E-state index is 0.0250. The fourth-order valence-corrected chi connectivity index (χ4v) is 1.84. The lowest BCUT2D eigenvalue weighted by Gasteiger charge is -2.22. The summed E-state index contributed by atoms with van der Waals surface area (Å²) in [6.07, 6.45) is 0. The van der Waals surface area contributed by atoms with Crippen LogP contribution in [-0.2, 0) is 0 Å². The Morgan fingerprint density at radius 3 is 2.40 bits per heavy atom. The van der Waals surface area contributed by atoms with Gasteiger partial charge in [0, 0.05) is 21.3 Å². The Labute approximate surface area is 98.7 Å². The second-order valence-corrected chi connectivity index (χ2v) is 5.34. The molecule has 0 heterocycles. The van der Waals surface area contributed by atoms with E-state index in [4.69, 9.17) is 11.1 Å². The van der Waals surface area contributed by atoms with E-state index in [-0.39, 0.29) is 11.4 Å². The summed E-state index contributed by atoms with van der Waals surface area (Å²) in [5, 5.41) is 10.7. The molecule has 0 bridgehead atoms. The number of nitrogen functional groups attached to an aromatic ring is 1. The number of nitrogens with one attached hydrogen (secondary N) is 2. The first-order valence-electron chi connectivity index (χ1n) is 4.72. The summed E-state index contributed by atoms with van der Waals surface area (Å²) in [7, 11) is 0. The van der Waals surface area contributed by atoms with Crippen molar-refractivity contribution in [2.45, 2.75) is 26.3 Å². The van der Waals surface area contributed by atoms with Crippen LogP contribution in [-0.4, -0.2) is 11.4 Å². The number of hydrogen-bond acceptors (Lipinski definition) is 2. The molecule has 1 rings (SSSR count). The molecule has 0 saturated heterocycles. The Morgan fingerprint density at radius 2 is 2.00 bits per heavy atom. The monoisotopic (exact) mass is 269 g/mol. The number of anilines is 1. The largest absolute Gasteiger partial charge is 0.384 e. The molecule has 0 unspecified atom stereocenters. The van der Waals surface area contributed by atoms with Gasteiger partial charge in [0.05, 0.1) is 0 Å². The van der Waals surface area contributed by atoms with Crippen molar-refractivity contribution < 1.29 is 0 Å². The van der Waals surface area contributed by atoms with E-state index in [0.717, 1.165) is 15.7 Å². The smallest absolute Gasteiger partial charge is 0.123 e. The maximum atomic E-state index is 7.35. The van der Waals surface area contributed by atoms with Gasteiger partial charge >= 0.3 is 0 Å². The highest BCUT2D eigenvalue weighted by atomic mass is 79.9. The SMILES string of the molecule is CC(C)(C)Nc1ccc(C(=N)N)c(Br)c1. The molecule has 1 aromatic carbocycles. The van der Waals surface area contributed by atoms with Gasteiger partial charge < -0.3 is 11.1 Å². The van der Waals surface area contributed by atoms with E-state index in [2.05, 4.69) is 42.0 Å². The van der Waals surface area contributed by atoms with Gasteiger partial charge in [-0.2, -0.15) is 0 Å². The van der Waals surface area contributed by atoms with Crippen LogP contribution in [0.25, 0.3) is 0 Å². The summed E-state index contributed by atoms with van der Waals surface area (Å²) < 4.78 is 0.837. The van der Waals surface area contributed by atoms with Crippen LogP contribution in [0.3, 0.4) is 0 Å². The summed E-state index contributed by atoms with van der Waals surface area (Å²) in [6, 6.07) is 5.69. The molecular weight excluding hydrogens is 254 g/mol. The second kappa shape index (κ2) is 4.23. The Kier molecular flexibility index (Phi) is 3.39. The highest BCUT2D eigenvalue weighted by Gasteiger charge is 2.10. The normalized spacial score (nSPS) is 11.2. The Bertz CT molecular complexity index is 380. The molecule has 1 aromatic rings. The minimum Gasteiger partial charge on any atom is -0.384 e. The van der Waals surface area contributed by atoms with Crippen LogP contribution in [0.5, 0.6) is 0 Å². The van der Waals surface area contributed by atoms with Crippen molar-refractivity contribution >= 4 is 27.5 Å². The van der Waals surface area contributed by atoms with E-state index in [9.17, 15) is 0 Å². The Hall–Kier alpha value is -1.03. The number of benzene rings is 1. The zero-order valence-corrected chi connectivity index (χ0v) is 10.8. The van der Waals surface area contributed by atoms with Crippen LogP contribution in [0.1, 0.15) is 26.3 Å². The van der Waals surface area contributed by atoms with Gasteiger partial charge in [0.2, 0.25) is 0 Å². The Morgan fingerprint density at radius 1 is 1.40 bits per heavy atom. The predicted molar refractivity (Wildman–Crippen MR) is 68.5 cm³/mol. The summed E-state index contributed by atoms with van der Waals surface area (Å²) >= 11 is 3.39. The molecule has 3 nitrogen and oxygen atoms in total. The van der Waals surface area contributed by atoms with Crippen LogP contribution >= 0.6 is 15.9 Å². The molecule has 4 heteroatoms. The molecule has 0 aromatic heterocycles. The van der Waals surface area contributed by atoms with Gasteiger partial charge in [-0.15, -0.1) is 0 Å². The van der Waals surface area contributed by atoms with Crippen LogP contribution in [0.15, 0.2) is 22.7 Å². The number of hydrogen-bond donors (Lipinski definition) is 3. The quantitative estimate of drug-likeness (QED) is 0.571. The summed E-state index contributed by atoms with van der Waals surface area (Å²) in [5.74, 6) is 0.0733. The topological polar surface area (TPSA) is 61.9 Å². The molecule has 82 valence electrons. The van der Waals surface area contributed by atoms with Crippen LogP contribution in [0.2, 0.25) is 0 Å². The second-order valence-electron chi connectivity index (χ2n) is 4.48. The van der Waals surface area contributed by atoms with Gasteiger partial charge in [-0.05, 0) is 54.9 Å². The molecule has 0 aliphatic carbocycles. The summed E-state index contributed by atoms with van der Waals surface area (Å²) in [5.41, 5.74) is 7.18. The van der Waals surface area contributed by atoms with Crippen LogP contribution in [0, 0.1) is 5.41 Å². The standard InChI is InChI=1S/C11H16BrN3/c1-11(2,3)15-7-4-5-8(10(13)14)9(12)6-7/h4-6,15H,1-3H3,(H3,13,14). The first kappa shape index (κ1) is 12.0. The van der Waals surface area contributed by atoms with Gasteiger partial charge in [0.25, 0.3) is 0 Å². The van der Waals surface area contributed by atoms with Crippen LogP contribution < -0.4 is 11.1 Å². The van der Waals surface area contributed by atoms with Crippen molar-refractivity contribution in [3.63, 3.8) is 0 Å². The molecule has 0 amide bonds. The molecule has 15 heavy (non-hydrogen) atoms. The molecule has 0 aliphatic rings.